The van der Waals surface area contributed by atoms with E-state index in [1.807, 2.05) is 54.6 Å². The maximum absolute atomic E-state index is 6.38. The van der Waals surface area contributed by atoms with Crippen LogP contribution in [0.5, 0.6) is 5.75 Å². The van der Waals surface area contributed by atoms with Crippen LogP contribution in [0.3, 0.4) is 0 Å². The van der Waals surface area contributed by atoms with Gasteiger partial charge < -0.3 is 9.26 Å². The van der Waals surface area contributed by atoms with Gasteiger partial charge in [0.15, 0.2) is 5.76 Å². The van der Waals surface area contributed by atoms with Gasteiger partial charge in [-0.3, -0.25) is 0 Å². The van der Waals surface area contributed by atoms with Crippen LogP contribution in [-0.4, -0.2) is 12.3 Å². The van der Waals surface area contributed by atoms with E-state index in [0.717, 1.165) is 16.9 Å². The van der Waals surface area contributed by atoms with Crippen molar-refractivity contribution >= 4 is 11.6 Å². The minimum atomic E-state index is 0.515. The summed E-state index contributed by atoms with van der Waals surface area (Å²) in [6, 6.07) is 17.2. The Labute approximate surface area is 121 Å². The van der Waals surface area contributed by atoms with Crippen LogP contribution >= 0.6 is 11.6 Å². The monoisotopic (exact) mass is 285 g/mol. The molecule has 4 heteroatoms. The Morgan fingerprint density at radius 1 is 0.950 bits per heavy atom. The molecule has 3 nitrogen and oxygen atoms in total. The van der Waals surface area contributed by atoms with E-state index in [0.29, 0.717) is 16.5 Å². The van der Waals surface area contributed by atoms with Crippen LogP contribution in [0.2, 0.25) is 5.02 Å². The summed E-state index contributed by atoms with van der Waals surface area (Å²) in [5.74, 6) is 1.35. The Kier molecular flexibility index (Phi) is 3.44. The van der Waals surface area contributed by atoms with Gasteiger partial charge in [0.1, 0.15) is 16.5 Å². The molecule has 0 spiro atoms. The molecular formula is C16H12ClNO2. The first kappa shape index (κ1) is 12.8. The van der Waals surface area contributed by atoms with Gasteiger partial charge in [-0.25, -0.2) is 0 Å². The Morgan fingerprint density at radius 3 is 2.30 bits per heavy atom. The molecule has 1 aromatic heterocycles. The van der Waals surface area contributed by atoms with Gasteiger partial charge in [-0.15, -0.1) is 0 Å². The van der Waals surface area contributed by atoms with E-state index in [1.165, 1.54) is 0 Å². The Balaban J connectivity index is 2.01. The number of methoxy groups -OCH3 is 1. The highest BCUT2D eigenvalue weighted by Crippen LogP contribution is 2.36. The largest absolute Gasteiger partial charge is 0.497 e. The highest BCUT2D eigenvalue weighted by Gasteiger charge is 2.16. The number of hydrogen-bond acceptors (Lipinski definition) is 3. The highest BCUT2D eigenvalue weighted by atomic mass is 35.5. The van der Waals surface area contributed by atoms with Crippen LogP contribution in [0.1, 0.15) is 0 Å². The van der Waals surface area contributed by atoms with Crippen molar-refractivity contribution in [2.45, 2.75) is 0 Å². The van der Waals surface area contributed by atoms with Gasteiger partial charge in [0, 0.05) is 11.1 Å². The number of aromatic nitrogens is 1. The average Bonchev–Trinajstić information content (AvgIpc) is 2.90. The number of halogens is 1. The van der Waals surface area contributed by atoms with Crippen LogP contribution in [-0.2, 0) is 0 Å². The molecule has 0 unspecified atom stereocenters. The summed E-state index contributed by atoms with van der Waals surface area (Å²) in [4.78, 5) is 0. The molecule has 0 aliphatic heterocycles. The van der Waals surface area contributed by atoms with Gasteiger partial charge in [0.05, 0.1) is 7.11 Å². The molecule has 3 aromatic rings. The third kappa shape index (κ3) is 2.28. The molecule has 0 radical (unpaired) electrons. The molecular weight excluding hydrogens is 274 g/mol. The molecule has 0 amide bonds. The first-order chi connectivity index (χ1) is 9.79. The second-order valence-electron chi connectivity index (χ2n) is 4.27. The van der Waals surface area contributed by atoms with Crippen LogP contribution in [0, 0.1) is 0 Å². The van der Waals surface area contributed by atoms with Crippen molar-refractivity contribution in [1.82, 2.24) is 5.16 Å². The van der Waals surface area contributed by atoms with E-state index in [9.17, 15) is 0 Å². The molecule has 0 N–H and O–H groups in total. The summed E-state index contributed by atoms with van der Waals surface area (Å²) in [5, 5.41) is 4.58. The van der Waals surface area contributed by atoms with Crippen LogP contribution < -0.4 is 4.74 Å². The van der Waals surface area contributed by atoms with Gasteiger partial charge in [-0.2, -0.15) is 0 Å². The van der Waals surface area contributed by atoms with E-state index in [4.69, 9.17) is 20.9 Å². The lowest BCUT2D eigenvalue weighted by Crippen LogP contribution is -1.82. The fourth-order valence-corrected chi connectivity index (χ4v) is 2.26. The summed E-state index contributed by atoms with van der Waals surface area (Å²) in [6.07, 6.45) is 0. The van der Waals surface area contributed by atoms with Crippen molar-refractivity contribution in [3.63, 3.8) is 0 Å². The Hall–Kier alpha value is -2.26. The number of benzene rings is 2. The molecule has 100 valence electrons. The molecule has 0 aliphatic carbocycles. The van der Waals surface area contributed by atoms with Crippen molar-refractivity contribution < 1.29 is 9.26 Å². The lowest BCUT2D eigenvalue weighted by Gasteiger charge is -2.00. The molecule has 20 heavy (non-hydrogen) atoms. The fraction of sp³-hybridized carbons (Fsp3) is 0.0625. The molecule has 0 atom stereocenters. The summed E-state index contributed by atoms with van der Waals surface area (Å²) in [6.45, 7) is 0. The molecule has 0 bridgehead atoms. The highest BCUT2D eigenvalue weighted by molar-refractivity contribution is 6.35. The first-order valence-corrected chi connectivity index (χ1v) is 6.52. The maximum Gasteiger partial charge on any atom is 0.186 e. The van der Waals surface area contributed by atoms with E-state index >= 15 is 0 Å². The van der Waals surface area contributed by atoms with Gasteiger partial charge in [-0.05, 0) is 24.3 Å². The normalized spacial score (nSPS) is 10.5. The van der Waals surface area contributed by atoms with Crippen molar-refractivity contribution in [2.24, 2.45) is 0 Å². The van der Waals surface area contributed by atoms with E-state index in [1.54, 1.807) is 7.11 Å². The van der Waals surface area contributed by atoms with Crippen LogP contribution in [0.4, 0.5) is 0 Å². The predicted octanol–water partition coefficient (Wildman–Crippen LogP) is 4.67. The Bertz CT molecular complexity index is 705. The number of nitrogens with zero attached hydrogens (tertiary/aromatic N) is 1. The third-order valence-electron chi connectivity index (χ3n) is 3.03. The topological polar surface area (TPSA) is 35.3 Å². The molecule has 0 saturated carbocycles. The van der Waals surface area contributed by atoms with Gasteiger partial charge in [0.2, 0.25) is 0 Å². The fourth-order valence-electron chi connectivity index (χ4n) is 1.98. The Morgan fingerprint density at radius 2 is 1.65 bits per heavy atom. The first-order valence-electron chi connectivity index (χ1n) is 6.14. The summed E-state index contributed by atoms with van der Waals surface area (Å²) in [7, 11) is 1.63. The van der Waals surface area contributed by atoms with E-state index < -0.39 is 0 Å². The van der Waals surface area contributed by atoms with Crippen molar-refractivity contribution in [3.05, 3.63) is 59.6 Å². The minimum absolute atomic E-state index is 0.515. The lowest BCUT2D eigenvalue weighted by atomic mass is 10.1. The second kappa shape index (κ2) is 5.39. The van der Waals surface area contributed by atoms with E-state index in [2.05, 4.69) is 5.16 Å². The molecule has 0 fully saturated rings. The zero-order chi connectivity index (χ0) is 13.9. The smallest absolute Gasteiger partial charge is 0.186 e. The zero-order valence-corrected chi connectivity index (χ0v) is 11.6. The average molecular weight is 286 g/mol. The number of rotatable bonds is 3. The minimum Gasteiger partial charge on any atom is -0.497 e. The molecule has 0 aliphatic rings. The standard InChI is InChI=1S/C16H12ClNO2/c1-19-13-9-7-12(8-10-13)16-14(17)15(18-20-16)11-5-3-2-4-6-11/h2-10H,1H3. The van der Waals surface area contributed by atoms with E-state index in [-0.39, 0.29) is 0 Å². The second-order valence-corrected chi connectivity index (χ2v) is 4.65. The lowest BCUT2D eigenvalue weighted by molar-refractivity contribution is 0.414. The molecule has 2 aromatic carbocycles. The third-order valence-corrected chi connectivity index (χ3v) is 3.39. The summed E-state index contributed by atoms with van der Waals surface area (Å²) in [5.41, 5.74) is 2.45. The number of ether oxygens (including phenoxy) is 1. The van der Waals surface area contributed by atoms with Crippen LogP contribution in [0.15, 0.2) is 59.1 Å². The molecule has 0 saturated heterocycles. The van der Waals surface area contributed by atoms with Crippen molar-refractivity contribution in [2.75, 3.05) is 7.11 Å². The zero-order valence-electron chi connectivity index (χ0n) is 10.8. The van der Waals surface area contributed by atoms with Gasteiger partial charge in [-0.1, -0.05) is 47.1 Å². The predicted molar refractivity (Wildman–Crippen MR) is 78.9 cm³/mol. The SMILES string of the molecule is COc1ccc(-c2onc(-c3ccccc3)c2Cl)cc1. The number of hydrogen-bond donors (Lipinski definition) is 0. The molecule has 1 heterocycles. The maximum atomic E-state index is 6.38. The van der Waals surface area contributed by atoms with Crippen molar-refractivity contribution in [3.8, 4) is 28.3 Å². The van der Waals surface area contributed by atoms with Gasteiger partial charge in [0.25, 0.3) is 0 Å². The molecule has 3 rings (SSSR count). The summed E-state index contributed by atoms with van der Waals surface area (Å²) >= 11 is 6.38. The summed E-state index contributed by atoms with van der Waals surface area (Å²) < 4.78 is 10.5. The quantitative estimate of drug-likeness (QED) is 0.701. The van der Waals surface area contributed by atoms with Crippen molar-refractivity contribution in [1.29, 1.82) is 0 Å². The van der Waals surface area contributed by atoms with Gasteiger partial charge >= 0.3 is 0 Å². The van der Waals surface area contributed by atoms with Crippen LogP contribution in [0.25, 0.3) is 22.6 Å².